The molecule has 1 saturated heterocycles. The fourth-order valence-corrected chi connectivity index (χ4v) is 2.70. The number of hydrogen-bond acceptors (Lipinski definition) is 5. The summed E-state index contributed by atoms with van der Waals surface area (Å²) in [6.07, 6.45) is 1.41. The summed E-state index contributed by atoms with van der Waals surface area (Å²) in [4.78, 5) is 16.8. The molecule has 2 heterocycles. The zero-order chi connectivity index (χ0) is 16.8. The summed E-state index contributed by atoms with van der Waals surface area (Å²) in [5, 5.41) is 19.3. The van der Waals surface area contributed by atoms with Crippen LogP contribution >= 0.6 is 0 Å². The molecule has 0 saturated carbocycles. The van der Waals surface area contributed by atoms with Crippen LogP contribution in [0.3, 0.4) is 0 Å². The number of amides is 1. The summed E-state index contributed by atoms with van der Waals surface area (Å²) in [6.45, 7) is 1.31. The topological polar surface area (TPSA) is 104 Å². The largest absolute Gasteiger partial charge is 0.381 e. The lowest BCUT2D eigenvalue weighted by Gasteiger charge is -2.29. The molecular weight excluding hydrogens is 306 g/mol. The third-order valence-electron chi connectivity index (χ3n) is 4.21. The number of nitrogens with one attached hydrogen (secondary N) is 2. The number of rotatable bonds is 5. The second-order valence-corrected chi connectivity index (χ2v) is 5.78. The highest BCUT2D eigenvalue weighted by molar-refractivity contribution is 5.85. The van der Waals surface area contributed by atoms with Gasteiger partial charge in [0.15, 0.2) is 5.82 Å². The van der Waals surface area contributed by atoms with Gasteiger partial charge in [-0.2, -0.15) is 10.4 Å². The Hall–Kier alpha value is -2.72. The number of nitriles is 1. The average molecular weight is 325 g/mol. The number of aromatic amines is 1. The minimum Gasteiger partial charge on any atom is -0.381 e. The Bertz CT molecular complexity index is 729. The summed E-state index contributed by atoms with van der Waals surface area (Å²) in [6, 6.07) is 11.8. The van der Waals surface area contributed by atoms with Crippen LogP contribution < -0.4 is 5.32 Å². The number of hydrogen-bond donors (Lipinski definition) is 2. The Balaban J connectivity index is 1.54. The predicted molar refractivity (Wildman–Crippen MR) is 86.6 cm³/mol. The number of aromatic nitrogens is 3. The number of carbonyl (C=O) groups excluding carboxylic acids is 1. The maximum absolute atomic E-state index is 12.3. The van der Waals surface area contributed by atoms with Gasteiger partial charge in [-0.05, 0) is 12.8 Å². The van der Waals surface area contributed by atoms with E-state index in [9.17, 15) is 10.1 Å². The molecule has 0 spiro atoms. The van der Waals surface area contributed by atoms with Crippen LogP contribution in [-0.4, -0.2) is 40.8 Å². The van der Waals surface area contributed by atoms with Gasteiger partial charge in [0.1, 0.15) is 11.2 Å². The van der Waals surface area contributed by atoms with E-state index in [0.717, 1.165) is 5.56 Å². The first-order valence-electron chi connectivity index (χ1n) is 7.97. The van der Waals surface area contributed by atoms with Crippen molar-refractivity contribution in [2.24, 2.45) is 5.41 Å². The van der Waals surface area contributed by atoms with Crippen molar-refractivity contribution in [3.05, 3.63) is 36.2 Å². The zero-order valence-corrected chi connectivity index (χ0v) is 13.3. The highest BCUT2D eigenvalue weighted by Gasteiger charge is 2.40. The molecule has 1 aliphatic rings. The van der Waals surface area contributed by atoms with Crippen molar-refractivity contribution in [2.45, 2.75) is 19.3 Å². The van der Waals surface area contributed by atoms with E-state index in [4.69, 9.17) is 4.74 Å². The van der Waals surface area contributed by atoms with E-state index in [-0.39, 0.29) is 5.91 Å². The molecule has 0 aliphatic carbocycles. The van der Waals surface area contributed by atoms with Gasteiger partial charge in [0.2, 0.25) is 5.91 Å². The molecule has 2 N–H and O–H groups in total. The third-order valence-corrected chi connectivity index (χ3v) is 4.21. The average Bonchev–Trinajstić information content (AvgIpc) is 3.12. The SMILES string of the molecule is N#CC1(C(=O)NCCc2nc(-c3ccccc3)n[nH]2)CCOCC1. The van der Waals surface area contributed by atoms with Crippen LogP contribution in [0.25, 0.3) is 11.4 Å². The van der Waals surface area contributed by atoms with Gasteiger partial charge in [-0.25, -0.2) is 4.98 Å². The van der Waals surface area contributed by atoms with Crippen molar-refractivity contribution in [3.8, 4) is 17.5 Å². The number of ether oxygens (including phenoxy) is 1. The molecule has 1 fully saturated rings. The molecule has 2 aromatic rings. The number of benzene rings is 1. The van der Waals surface area contributed by atoms with Gasteiger partial charge < -0.3 is 10.1 Å². The van der Waals surface area contributed by atoms with Gasteiger partial charge in [0.25, 0.3) is 0 Å². The summed E-state index contributed by atoms with van der Waals surface area (Å²) in [5.41, 5.74) is -0.0239. The van der Waals surface area contributed by atoms with Gasteiger partial charge in [-0.3, -0.25) is 9.89 Å². The fraction of sp³-hybridized carbons (Fsp3) is 0.412. The minimum atomic E-state index is -0.963. The van der Waals surface area contributed by atoms with E-state index in [1.54, 1.807) is 0 Å². The second kappa shape index (κ2) is 7.23. The molecule has 0 atom stereocenters. The van der Waals surface area contributed by atoms with E-state index in [2.05, 4.69) is 26.6 Å². The van der Waals surface area contributed by atoms with Crippen LogP contribution in [0.2, 0.25) is 0 Å². The van der Waals surface area contributed by atoms with E-state index in [0.29, 0.717) is 50.7 Å². The lowest BCUT2D eigenvalue weighted by Crippen LogP contribution is -2.44. The number of H-pyrrole nitrogens is 1. The molecule has 124 valence electrons. The normalized spacial score (nSPS) is 16.3. The Kier molecular flexibility index (Phi) is 4.87. The highest BCUT2D eigenvalue weighted by Crippen LogP contribution is 2.29. The van der Waals surface area contributed by atoms with Gasteiger partial charge in [0.05, 0.1) is 6.07 Å². The fourth-order valence-electron chi connectivity index (χ4n) is 2.70. The lowest BCUT2D eigenvalue weighted by atomic mass is 9.81. The first-order valence-corrected chi connectivity index (χ1v) is 7.97. The predicted octanol–water partition coefficient (Wildman–Crippen LogP) is 1.45. The van der Waals surface area contributed by atoms with Crippen LogP contribution in [-0.2, 0) is 16.0 Å². The van der Waals surface area contributed by atoms with Crippen LogP contribution in [0.1, 0.15) is 18.7 Å². The van der Waals surface area contributed by atoms with Crippen molar-refractivity contribution >= 4 is 5.91 Å². The number of nitrogens with zero attached hydrogens (tertiary/aromatic N) is 3. The lowest BCUT2D eigenvalue weighted by molar-refractivity contribution is -0.132. The van der Waals surface area contributed by atoms with E-state index in [1.807, 2.05) is 30.3 Å². The summed E-state index contributed by atoms with van der Waals surface area (Å²) in [7, 11) is 0. The van der Waals surface area contributed by atoms with Crippen molar-refractivity contribution in [1.29, 1.82) is 5.26 Å². The first kappa shape index (κ1) is 16.1. The van der Waals surface area contributed by atoms with Crippen LogP contribution in [0.15, 0.2) is 30.3 Å². The highest BCUT2D eigenvalue weighted by atomic mass is 16.5. The Morgan fingerprint density at radius 2 is 2.08 bits per heavy atom. The van der Waals surface area contributed by atoms with Gasteiger partial charge in [0, 0.05) is 31.7 Å². The van der Waals surface area contributed by atoms with Gasteiger partial charge in [-0.1, -0.05) is 30.3 Å². The quantitative estimate of drug-likeness (QED) is 0.866. The van der Waals surface area contributed by atoms with E-state index in [1.165, 1.54) is 0 Å². The van der Waals surface area contributed by atoms with Crippen molar-refractivity contribution in [3.63, 3.8) is 0 Å². The van der Waals surface area contributed by atoms with Crippen LogP contribution in [0, 0.1) is 16.7 Å². The van der Waals surface area contributed by atoms with Crippen molar-refractivity contribution < 1.29 is 9.53 Å². The maximum atomic E-state index is 12.3. The molecule has 1 aromatic carbocycles. The monoisotopic (exact) mass is 325 g/mol. The second-order valence-electron chi connectivity index (χ2n) is 5.78. The molecule has 0 bridgehead atoms. The van der Waals surface area contributed by atoms with E-state index < -0.39 is 5.41 Å². The molecule has 1 aromatic heterocycles. The van der Waals surface area contributed by atoms with Gasteiger partial charge in [-0.15, -0.1) is 0 Å². The standard InChI is InChI=1S/C17H19N5O2/c18-12-17(7-10-24-11-8-17)16(23)19-9-6-14-20-15(22-21-14)13-4-2-1-3-5-13/h1-5H,6-11H2,(H,19,23)(H,20,21,22). The zero-order valence-electron chi connectivity index (χ0n) is 13.3. The van der Waals surface area contributed by atoms with Crippen LogP contribution in [0.4, 0.5) is 0 Å². The molecule has 7 nitrogen and oxygen atoms in total. The van der Waals surface area contributed by atoms with Crippen LogP contribution in [0.5, 0.6) is 0 Å². The Morgan fingerprint density at radius 3 is 2.79 bits per heavy atom. The molecule has 1 amide bonds. The molecule has 24 heavy (non-hydrogen) atoms. The molecule has 7 heteroatoms. The summed E-state index contributed by atoms with van der Waals surface area (Å²) >= 11 is 0. The first-order chi connectivity index (χ1) is 11.7. The van der Waals surface area contributed by atoms with E-state index >= 15 is 0 Å². The molecule has 0 unspecified atom stereocenters. The summed E-state index contributed by atoms with van der Waals surface area (Å²) < 4.78 is 5.24. The molecule has 1 aliphatic heterocycles. The Morgan fingerprint density at radius 1 is 1.33 bits per heavy atom. The minimum absolute atomic E-state index is 0.226. The van der Waals surface area contributed by atoms with Crippen molar-refractivity contribution in [2.75, 3.05) is 19.8 Å². The summed E-state index contributed by atoms with van der Waals surface area (Å²) in [5.74, 6) is 1.11. The maximum Gasteiger partial charge on any atom is 0.240 e. The number of carbonyl (C=O) groups is 1. The third kappa shape index (κ3) is 3.44. The van der Waals surface area contributed by atoms with Crippen molar-refractivity contribution in [1.82, 2.24) is 20.5 Å². The molecule has 3 rings (SSSR count). The smallest absolute Gasteiger partial charge is 0.240 e. The molecule has 0 radical (unpaired) electrons. The Labute approximate surface area is 140 Å². The van der Waals surface area contributed by atoms with Gasteiger partial charge >= 0.3 is 0 Å². The molecular formula is C17H19N5O2.